The fourth-order valence-electron chi connectivity index (χ4n) is 5.38. The molecule has 2 N–H and O–H groups in total. The minimum Gasteiger partial charge on any atom is -0.543 e. The van der Waals surface area contributed by atoms with Gasteiger partial charge in [0.1, 0.15) is 13.1 Å². The average molecular weight is 645 g/mol. The largest absolute Gasteiger partial charge is 0.543 e. The van der Waals surface area contributed by atoms with Gasteiger partial charge in [0.2, 0.25) is 0 Å². The zero-order valence-electron chi connectivity index (χ0n) is 28.5. The van der Waals surface area contributed by atoms with Crippen LogP contribution in [0.2, 0.25) is 0 Å². The van der Waals surface area contributed by atoms with Crippen LogP contribution in [0.4, 0.5) is 0 Å². The van der Waals surface area contributed by atoms with Gasteiger partial charge in [0, 0.05) is 25.7 Å². The zero-order valence-corrected chi connectivity index (χ0v) is 28.5. The molecule has 4 heterocycles. The molecule has 0 saturated carbocycles. The van der Waals surface area contributed by atoms with E-state index < -0.39 is 11.9 Å². The topological polar surface area (TPSA) is 167 Å². The molecule has 258 valence electrons. The van der Waals surface area contributed by atoms with E-state index in [-0.39, 0.29) is 0 Å². The molecular formula is C34H56N6O6. The molecule has 2 aliphatic heterocycles. The third-order valence-electron chi connectivity index (χ3n) is 8.07. The summed E-state index contributed by atoms with van der Waals surface area (Å²) in [6, 6.07) is 0. The van der Waals surface area contributed by atoms with Crippen molar-refractivity contribution in [2.75, 3.05) is 40.3 Å². The molecule has 2 aromatic rings. The Balaban J connectivity index is 0.000000273. The number of aryl methyl sites for hydroxylation is 2. The van der Waals surface area contributed by atoms with Gasteiger partial charge in [-0.15, -0.1) is 0 Å². The number of carbonyl (C=O) groups excluding carboxylic acids is 2. The van der Waals surface area contributed by atoms with Crippen LogP contribution < -0.4 is 20.0 Å². The molecule has 2 aliphatic rings. The van der Waals surface area contributed by atoms with E-state index in [0.717, 1.165) is 62.2 Å². The van der Waals surface area contributed by atoms with Crippen molar-refractivity contribution in [3.05, 3.63) is 35.6 Å². The number of likely N-dealkylation sites (N-methyl/N-ethyl adjacent to an activating group) is 2. The normalized spacial score (nSPS) is 17.6. The molecule has 0 radical (unpaired) electrons. The Hall–Kier alpha value is -3.38. The Morgan fingerprint density at radius 1 is 0.652 bits per heavy atom. The number of hydrogen-bond acceptors (Lipinski definition) is 10. The monoisotopic (exact) mass is 644 g/mol. The Kier molecular flexibility index (Phi) is 19.4. The van der Waals surface area contributed by atoms with Crippen LogP contribution in [-0.4, -0.2) is 72.5 Å². The molecule has 2 unspecified atom stereocenters. The van der Waals surface area contributed by atoms with E-state index in [0.29, 0.717) is 0 Å². The Labute approximate surface area is 274 Å². The first kappa shape index (κ1) is 38.8. The summed E-state index contributed by atoms with van der Waals surface area (Å²) in [5, 5.41) is 26.1. The lowest BCUT2D eigenvalue weighted by molar-refractivity contribution is -0.872. The molecule has 0 saturated heterocycles. The highest BCUT2D eigenvalue weighted by atomic mass is 16.5. The first-order valence-electron chi connectivity index (χ1n) is 17.3. The summed E-state index contributed by atoms with van der Waals surface area (Å²) in [5.41, 5.74) is 2.44. The van der Waals surface area contributed by atoms with Gasteiger partial charge in [-0.3, -0.25) is 0 Å². The van der Waals surface area contributed by atoms with Crippen LogP contribution in [-0.2, 0) is 22.4 Å². The number of nitrogens with zero attached hydrogens (tertiary/aromatic N) is 4. The predicted octanol–water partition coefficient (Wildman–Crippen LogP) is 1.04. The van der Waals surface area contributed by atoms with Crippen molar-refractivity contribution in [3.63, 3.8) is 0 Å². The van der Waals surface area contributed by atoms with Gasteiger partial charge in [0.25, 0.3) is 11.8 Å². The highest BCUT2D eigenvalue weighted by Gasteiger charge is 2.20. The standard InChI is InChI=1S/2C16H27N3O.C2H2O4/c2*1-3-4-5-6-7-8-11-15-17-16(20-18-15)14-10-9-12-19(2)13-14;3-1(4)2(5)6/h2*10H,3-9,11-13H2,1-2H3;(H,3,4)(H,5,6). The fraction of sp³-hybridized carbons (Fsp3) is 0.706. The third-order valence-corrected chi connectivity index (χ3v) is 8.07. The molecule has 12 heteroatoms. The molecule has 46 heavy (non-hydrogen) atoms. The Morgan fingerprint density at radius 3 is 1.37 bits per heavy atom. The number of hydrogen-bond donors (Lipinski definition) is 2. The summed E-state index contributed by atoms with van der Waals surface area (Å²) in [6.07, 6.45) is 24.2. The van der Waals surface area contributed by atoms with Crippen LogP contribution >= 0.6 is 0 Å². The number of quaternary nitrogens is 2. The lowest BCUT2D eigenvalue weighted by Gasteiger charge is -2.17. The summed E-state index contributed by atoms with van der Waals surface area (Å²) < 4.78 is 10.8. The summed E-state index contributed by atoms with van der Waals surface area (Å²) in [5.74, 6) is -1.14. The molecule has 0 bridgehead atoms. The van der Waals surface area contributed by atoms with Gasteiger partial charge in [-0.05, 0) is 12.8 Å². The predicted molar refractivity (Wildman–Crippen MR) is 171 cm³/mol. The minimum absolute atomic E-state index is 0.741. The molecule has 4 rings (SSSR count). The van der Waals surface area contributed by atoms with Gasteiger partial charge in [-0.25, -0.2) is 0 Å². The van der Waals surface area contributed by atoms with E-state index in [1.165, 1.54) is 111 Å². The number of aromatic nitrogens is 4. The summed E-state index contributed by atoms with van der Waals surface area (Å²) >= 11 is 0. The second-order valence-corrected chi connectivity index (χ2v) is 12.4. The van der Waals surface area contributed by atoms with Crippen molar-refractivity contribution < 1.29 is 38.6 Å². The van der Waals surface area contributed by atoms with Crippen LogP contribution in [0.1, 0.15) is 127 Å². The van der Waals surface area contributed by atoms with Crippen LogP contribution in [0.25, 0.3) is 11.1 Å². The number of carboxylic acids is 2. The van der Waals surface area contributed by atoms with Crippen LogP contribution in [0.5, 0.6) is 0 Å². The maximum atomic E-state index is 8.93. The lowest BCUT2D eigenvalue weighted by atomic mass is 10.1. The highest BCUT2D eigenvalue weighted by Crippen LogP contribution is 2.16. The minimum atomic E-state index is -2.19. The van der Waals surface area contributed by atoms with E-state index in [2.05, 4.69) is 60.4 Å². The van der Waals surface area contributed by atoms with Crippen molar-refractivity contribution in [2.24, 2.45) is 0 Å². The zero-order chi connectivity index (χ0) is 33.6. The SMILES string of the molecule is CCCCCCCCc1noc(C2=CCC[NH+](C)C2)n1.CCCCCCCCc1noc(C2=CCC[NH+](C)C2)n1.O=C([O-])C(=O)[O-]. The van der Waals surface area contributed by atoms with Crippen LogP contribution in [0.3, 0.4) is 0 Å². The third kappa shape index (κ3) is 16.3. The molecule has 0 spiro atoms. The molecule has 0 aromatic carbocycles. The fourth-order valence-corrected chi connectivity index (χ4v) is 5.38. The maximum absolute atomic E-state index is 8.93. The van der Waals surface area contributed by atoms with Gasteiger partial charge in [0.05, 0.1) is 50.3 Å². The van der Waals surface area contributed by atoms with Crippen molar-refractivity contribution in [3.8, 4) is 0 Å². The van der Waals surface area contributed by atoms with Gasteiger partial charge in [0.15, 0.2) is 11.6 Å². The van der Waals surface area contributed by atoms with Gasteiger partial charge in [-0.1, -0.05) is 101 Å². The molecule has 0 fully saturated rings. The number of unbranched alkanes of at least 4 members (excludes halogenated alkanes) is 10. The first-order valence-corrected chi connectivity index (χ1v) is 17.3. The number of carboxylic acid groups (broad SMARTS) is 2. The Bertz CT molecular complexity index is 1110. The quantitative estimate of drug-likeness (QED) is 0.199. The van der Waals surface area contributed by atoms with E-state index in [9.17, 15) is 0 Å². The van der Waals surface area contributed by atoms with Gasteiger partial charge >= 0.3 is 0 Å². The number of carbonyl (C=O) groups is 2. The smallest absolute Gasteiger partial charge is 0.259 e. The summed E-state index contributed by atoms with van der Waals surface area (Å²) in [4.78, 5) is 30.0. The summed E-state index contributed by atoms with van der Waals surface area (Å²) in [6.45, 7) is 8.89. The van der Waals surface area contributed by atoms with Crippen LogP contribution in [0.15, 0.2) is 21.2 Å². The number of nitrogens with one attached hydrogen (secondary N) is 2. The van der Waals surface area contributed by atoms with E-state index >= 15 is 0 Å². The van der Waals surface area contributed by atoms with Crippen LogP contribution in [0, 0.1) is 0 Å². The molecule has 2 aromatic heterocycles. The molecular weight excluding hydrogens is 588 g/mol. The number of rotatable bonds is 16. The number of aliphatic carboxylic acids is 2. The van der Waals surface area contributed by atoms with E-state index in [4.69, 9.17) is 28.8 Å². The molecule has 0 aliphatic carbocycles. The van der Waals surface area contributed by atoms with Crippen molar-refractivity contribution in [1.29, 1.82) is 0 Å². The van der Waals surface area contributed by atoms with Crippen molar-refractivity contribution in [1.82, 2.24) is 20.3 Å². The lowest BCUT2D eigenvalue weighted by Crippen LogP contribution is -3.09. The van der Waals surface area contributed by atoms with Crippen molar-refractivity contribution >= 4 is 23.1 Å². The maximum Gasteiger partial charge on any atom is 0.259 e. The van der Waals surface area contributed by atoms with Crippen molar-refractivity contribution in [2.45, 2.75) is 117 Å². The van der Waals surface area contributed by atoms with E-state index in [1.807, 2.05) is 0 Å². The second-order valence-electron chi connectivity index (χ2n) is 12.4. The van der Waals surface area contributed by atoms with Gasteiger partial charge in [-0.2, -0.15) is 9.97 Å². The average Bonchev–Trinajstić information content (AvgIpc) is 3.72. The highest BCUT2D eigenvalue weighted by molar-refractivity contribution is 6.25. The van der Waals surface area contributed by atoms with E-state index in [1.54, 1.807) is 0 Å². The summed E-state index contributed by atoms with van der Waals surface area (Å²) in [7, 11) is 4.42. The first-order chi connectivity index (χ1) is 22.2. The Morgan fingerprint density at radius 2 is 1.02 bits per heavy atom. The molecule has 0 amide bonds. The van der Waals surface area contributed by atoms with Gasteiger partial charge < -0.3 is 38.6 Å². The second kappa shape index (κ2) is 23.0. The molecule has 12 nitrogen and oxygen atoms in total. The molecule has 2 atom stereocenters.